The standard InChI is InChI=1S/C15H20N4O2/c1-11-17-15(21-18-11)14-9-19(8-13(14)10-20-2)7-12-4-3-5-16-6-12/h3-6,13-14H,7-10H2,1-2H3/t13-,14+/m0/s1. The fourth-order valence-electron chi connectivity index (χ4n) is 2.97. The van der Waals surface area contributed by atoms with E-state index in [1.54, 1.807) is 13.3 Å². The lowest BCUT2D eigenvalue weighted by atomic mass is 9.97. The first-order valence-corrected chi connectivity index (χ1v) is 7.16. The highest BCUT2D eigenvalue weighted by Gasteiger charge is 2.37. The maximum atomic E-state index is 5.37. The van der Waals surface area contributed by atoms with Gasteiger partial charge in [-0.05, 0) is 18.6 Å². The molecule has 0 N–H and O–H groups in total. The van der Waals surface area contributed by atoms with E-state index in [1.165, 1.54) is 5.56 Å². The average molecular weight is 288 g/mol. The monoisotopic (exact) mass is 288 g/mol. The summed E-state index contributed by atoms with van der Waals surface area (Å²) in [5.41, 5.74) is 1.22. The molecule has 1 fully saturated rings. The van der Waals surface area contributed by atoms with Crippen LogP contribution >= 0.6 is 0 Å². The Morgan fingerprint density at radius 2 is 2.33 bits per heavy atom. The van der Waals surface area contributed by atoms with E-state index < -0.39 is 0 Å². The van der Waals surface area contributed by atoms with Gasteiger partial charge in [-0.2, -0.15) is 4.98 Å². The van der Waals surface area contributed by atoms with Crippen LogP contribution in [-0.4, -0.2) is 46.8 Å². The molecule has 0 saturated carbocycles. The highest BCUT2D eigenvalue weighted by molar-refractivity contribution is 5.10. The largest absolute Gasteiger partial charge is 0.384 e. The summed E-state index contributed by atoms with van der Waals surface area (Å²) in [5.74, 6) is 2.03. The van der Waals surface area contributed by atoms with Gasteiger partial charge in [0.25, 0.3) is 0 Å². The predicted molar refractivity (Wildman–Crippen MR) is 76.7 cm³/mol. The fraction of sp³-hybridized carbons (Fsp3) is 0.533. The molecule has 2 aromatic heterocycles. The number of rotatable bonds is 5. The van der Waals surface area contributed by atoms with E-state index in [0.717, 1.165) is 25.5 Å². The quantitative estimate of drug-likeness (QED) is 0.833. The Balaban J connectivity index is 1.71. The molecule has 0 amide bonds. The summed E-state index contributed by atoms with van der Waals surface area (Å²) in [4.78, 5) is 11.0. The topological polar surface area (TPSA) is 64.3 Å². The number of aryl methyl sites for hydroxylation is 1. The summed E-state index contributed by atoms with van der Waals surface area (Å²) < 4.78 is 10.7. The summed E-state index contributed by atoms with van der Waals surface area (Å²) >= 11 is 0. The van der Waals surface area contributed by atoms with Crippen LogP contribution in [0.3, 0.4) is 0 Å². The molecule has 6 heteroatoms. The molecule has 2 aromatic rings. The summed E-state index contributed by atoms with van der Waals surface area (Å²) in [7, 11) is 1.74. The molecule has 0 aliphatic carbocycles. The van der Waals surface area contributed by atoms with Crippen molar-refractivity contribution in [3.63, 3.8) is 0 Å². The lowest BCUT2D eigenvalue weighted by molar-refractivity contribution is 0.142. The Bertz CT molecular complexity index is 572. The van der Waals surface area contributed by atoms with Crippen molar-refractivity contribution in [2.24, 2.45) is 5.92 Å². The molecule has 112 valence electrons. The molecule has 3 rings (SSSR count). The molecule has 0 spiro atoms. The molecular formula is C15H20N4O2. The molecular weight excluding hydrogens is 268 g/mol. The summed E-state index contributed by atoms with van der Waals surface area (Å²) in [6, 6.07) is 4.07. The first-order valence-electron chi connectivity index (χ1n) is 7.16. The molecule has 1 aliphatic heterocycles. The van der Waals surface area contributed by atoms with E-state index in [4.69, 9.17) is 9.26 Å². The van der Waals surface area contributed by atoms with Gasteiger partial charge in [-0.3, -0.25) is 9.88 Å². The Kier molecular flexibility index (Phi) is 4.26. The number of likely N-dealkylation sites (tertiary alicyclic amines) is 1. The third-order valence-corrected chi connectivity index (χ3v) is 3.89. The fourth-order valence-corrected chi connectivity index (χ4v) is 2.97. The van der Waals surface area contributed by atoms with Gasteiger partial charge in [0.1, 0.15) is 0 Å². The second kappa shape index (κ2) is 6.32. The van der Waals surface area contributed by atoms with Crippen LogP contribution in [0.5, 0.6) is 0 Å². The van der Waals surface area contributed by atoms with Gasteiger partial charge in [0.05, 0.1) is 12.5 Å². The lowest BCUT2D eigenvalue weighted by Crippen LogP contribution is -2.21. The van der Waals surface area contributed by atoms with Crippen molar-refractivity contribution in [3.8, 4) is 0 Å². The second-order valence-electron chi connectivity index (χ2n) is 5.56. The number of methoxy groups -OCH3 is 1. The third kappa shape index (κ3) is 3.28. The summed E-state index contributed by atoms with van der Waals surface area (Å²) in [6.45, 7) is 5.31. The van der Waals surface area contributed by atoms with Crippen LogP contribution in [0.25, 0.3) is 0 Å². The van der Waals surface area contributed by atoms with Gasteiger partial charge in [0.15, 0.2) is 5.82 Å². The van der Waals surface area contributed by atoms with Crippen molar-refractivity contribution in [3.05, 3.63) is 41.8 Å². The normalized spacial score (nSPS) is 22.8. The summed E-state index contributed by atoms with van der Waals surface area (Å²) in [6.07, 6.45) is 3.71. The van der Waals surface area contributed by atoms with Gasteiger partial charge in [-0.25, -0.2) is 0 Å². The van der Waals surface area contributed by atoms with E-state index >= 15 is 0 Å². The maximum absolute atomic E-state index is 5.37. The second-order valence-corrected chi connectivity index (χ2v) is 5.56. The zero-order valence-electron chi connectivity index (χ0n) is 12.4. The Hall–Kier alpha value is -1.79. The molecule has 0 radical (unpaired) electrons. The van der Waals surface area contributed by atoms with Crippen molar-refractivity contribution in [2.45, 2.75) is 19.4 Å². The Labute approximate surface area is 124 Å². The molecule has 0 bridgehead atoms. The van der Waals surface area contributed by atoms with Gasteiger partial charge < -0.3 is 9.26 Å². The number of aromatic nitrogens is 3. The number of hydrogen-bond acceptors (Lipinski definition) is 6. The SMILES string of the molecule is COC[C@@H]1CN(Cc2cccnc2)C[C@H]1c1nc(C)no1. The molecule has 2 atom stereocenters. The van der Waals surface area contributed by atoms with E-state index in [2.05, 4.69) is 26.1 Å². The molecule has 0 unspecified atom stereocenters. The average Bonchev–Trinajstić information content (AvgIpc) is 3.07. The van der Waals surface area contributed by atoms with Crippen LogP contribution in [0, 0.1) is 12.8 Å². The minimum atomic E-state index is 0.239. The smallest absolute Gasteiger partial charge is 0.231 e. The van der Waals surface area contributed by atoms with Crippen molar-refractivity contribution in [1.82, 2.24) is 20.0 Å². The number of pyridine rings is 1. The van der Waals surface area contributed by atoms with Gasteiger partial charge in [-0.1, -0.05) is 11.2 Å². The van der Waals surface area contributed by atoms with Gasteiger partial charge in [0.2, 0.25) is 5.89 Å². The molecule has 21 heavy (non-hydrogen) atoms. The Morgan fingerprint density at radius 1 is 1.43 bits per heavy atom. The first-order chi connectivity index (χ1) is 10.3. The molecule has 0 aromatic carbocycles. The Morgan fingerprint density at radius 3 is 3.00 bits per heavy atom. The third-order valence-electron chi connectivity index (χ3n) is 3.89. The van der Waals surface area contributed by atoms with Crippen LogP contribution in [0.1, 0.15) is 23.2 Å². The summed E-state index contributed by atoms with van der Waals surface area (Å²) in [5, 5.41) is 3.91. The van der Waals surface area contributed by atoms with Crippen LogP contribution in [0.15, 0.2) is 29.0 Å². The molecule has 1 aliphatic rings. The highest BCUT2D eigenvalue weighted by Crippen LogP contribution is 2.32. The van der Waals surface area contributed by atoms with Crippen LogP contribution in [0.2, 0.25) is 0 Å². The van der Waals surface area contributed by atoms with Crippen LogP contribution < -0.4 is 0 Å². The van der Waals surface area contributed by atoms with Crippen molar-refractivity contribution < 1.29 is 9.26 Å². The van der Waals surface area contributed by atoms with E-state index in [9.17, 15) is 0 Å². The zero-order valence-corrected chi connectivity index (χ0v) is 12.4. The van der Waals surface area contributed by atoms with Gasteiger partial charge >= 0.3 is 0 Å². The lowest BCUT2D eigenvalue weighted by Gasteiger charge is -2.15. The predicted octanol–water partition coefficient (Wildman–Crippen LogP) is 1.64. The minimum absolute atomic E-state index is 0.239. The van der Waals surface area contributed by atoms with Gasteiger partial charge in [0, 0.05) is 45.1 Å². The van der Waals surface area contributed by atoms with E-state index in [0.29, 0.717) is 18.3 Å². The molecule has 1 saturated heterocycles. The molecule has 3 heterocycles. The van der Waals surface area contributed by atoms with Crippen LogP contribution in [-0.2, 0) is 11.3 Å². The van der Waals surface area contributed by atoms with E-state index in [1.807, 2.05) is 19.2 Å². The van der Waals surface area contributed by atoms with E-state index in [-0.39, 0.29) is 5.92 Å². The van der Waals surface area contributed by atoms with Gasteiger partial charge in [-0.15, -0.1) is 0 Å². The number of nitrogens with zero attached hydrogens (tertiary/aromatic N) is 4. The molecule has 6 nitrogen and oxygen atoms in total. The minimum Gasteiger partial charge on any atom is -0.384 e. The first kappa shape index (κ1) is 14.2. The maximum Gasteiger partial charge on any atom is 0.231 e. The number of ether oxygens (including phenoxy) is 1. The highest BCUT2D eigenvalue weighted by atomic mass is 16.5. The van der Waals surface area contributed by atoms with Crippen molar-refractivity contribution >= 4 is 0 Å². The van der Waals surface area contributed by atoms with Crippen molar-refractivity contribution in [2.75, 3.05) is 26.8 Å². The van der Waals surface area contributed by atoms with Crippen LogP contribution in [0.4, 0.5) is 0 Å². The zero-order chi connectivity index (χ0) is 14.7. The van der Waals surface area contributed by atoms with Crippen molar-refractivity contribution in [1.29, 1.82) is 0 Å². The number of hydrogen-bond donors (Lipinski definition) is 0.